The fourth-order valence-corrected chi connectivity index (χ4v) is 4.13. The standard InChI is InChI=1S/C22H29N5OS/c1-15(2)13-27-17(4)19(16(3)26-27)12-21(28)24-9-5-6-22-25-20(14-29-22)18-7-10-23-11-8-18/h7-8,10-11,14-15H,5-6,9,12-13H2,1-4H3,(H,24,28). The van der Waals surface area contributed by atoms with E-state index in [0.29, 0.717) is 18.9 Å². The van der Waals surface area contributed by atoms with Crippen LogP contribution < -0.4 is 5.32 Å². The lowest BCUT2D eigenvalue weighted by Crippen LogP contribution is -2.26. The molecule has 0 aliphatic carbocycles. The molecule has 6 nitrogen and oxygen atoms in total. The lowest BCUT2D eigenvalue weighted by Gasteiger charge is -2.08. The SMILES string of the molecule is Cc1nn(CC(C)C)c(C)c1CC(=O)NCCCc1nc(-c2ccncc2)cs1. The zero-order chi connectivity index (χ0) is 20.8. The molecule has 3 aromatic rings. The molecule has 3 heterocycles. The highest BCUT2D eigenvalue weighted by atomic mass is 32.1. The molecule has 1 N–H and O–H groups in total. The summed E-state index contributed by atoms with van der Waals surface area (Å²) in [4.78, 5) is 21.1. The molecule has 0 aromatic carbocycles. The van der Waals surface area contributed by atoms with E-state index in [2.05, 4.69) is 39.6 Å². The predicted octanol–water partition coefficient (Wildman–Crippen LogP) is 3.97. The smallest absolute Gasteiger partial charge is 0.224 e. The van der Waals surface area contributed by atoms with Crippen LogP contribution in [0.2, 0.25) is 0 Å². The van der Waals surface area contributed by atoms with Crippen molar-refractivity contribution >= 4 is 17.2 Å². The van der Waals surface area contributed by atoms with Crippen LogP contribution in [-0.2, 0) is 24.2 Å². The Kier molecular flexibility index (Phi) is 7.14. The third-order valence-electron chi connectivity index (χ3n) is 4.82. The van der Waals surface area contributed by atoms with Crippen molar-refractivity contribution in [3.05, 3.63) is 51.9 Å². The molecule has 0 unspecified atom stereocenters. The molecule has 0 spiro atoms. The lowest BCUT2D eigenvalue weighted by molar-refractivity contribution is -0.120. The largest absolute Gasteiger partial charge is 0.356 e. The Balaban J connectivity index is 1.45. The Bertz CT molecular complexity index is 946. The average molecular weight is 412 g/mol. The predicted molar refractivity (Wildman–Crippen MR) is 117 cm³/mol. The Morgan fingerprint density at radius 2 is 2.00 bits per heavy atom. The number of carbonyl (C=O) groups is 1. The summed E-state index contributed by atoms with van der Waals surface area (Å²) in [5, 5.41) is 10.8. The Morgan fingerprint density at radius 1 is 1.24 bits per heavy atom. The molecule has 154 valence electrons. The van der Waals surface area contributed by atoms with Crippen molar-refractivity contribution in [3.8, 4) is 11.3 Å². The van der Waals surface area contributed by atoms with Gasteiger partial charge in [0.1, 0.15) is 0 Å². The highest BCUT2D eigenvalue weighted by Gasteiger charge is 2.15. The van der Waals surface area contributed by atoms with Gasteiger partial charge in [0.15, 0.2) is 0 Å². The summed E-state index contributed by atoms with van der Waals surface area (Å²) in [5.74, 6) is 0.580. The van der Waals surface area contributed by atoms with E-state index < -0.39 is 0 Å². The van der Waals surface area contributed by atoms with E-state index in [0.717, 1.165) is 52.6 Å². The van der Waals surface area contributed by atoms with Gasteiger partial charge in [0, 0.05) is 54.1 Å². The van der Waals surface area contributed by atoms with Crippen LogP contribution in [0.5, 0.6) is 0 Å². The molecule has 0 radical (unpaired) electrons. The number of hydrogen-bond acceptors (Lipinski definition) is 5. The van der Waals surface area contributed by atoms with Crippen molar-refractivity contribution < 1.29 is 4.79 Å². The van der Waals surface area contributed by atoms with Crippen LogP contribution in [0.3, 0.4) is 0 Å². The first-order valence-corrected chi connectivity index (χ1v) is 11.0. The van der Waals surface area contributed by atoms with E-state index in [9.17, 15) is 4.79 Å². The van der Waals surface area contributed by atoms with E-state index in [-0.39, 0.29) is 5.91 Å². The van der Waals surface area contributed by atoms with Gasteiger partial charge in [-0.2, -0.15) is 5.10 Å². The maximum Gasteiger partial charge on any atom is 0.224 e. The van der Waals surface area contributed by atoms with Crippen molar-refractivity contribution in [2.75, 3.05) is 6.54 Å². The topological polar surface area (TPSA) is 72.7 Å². The number of carbonyl (C=O) groups excluding carboxylic acids is 1. The quantitative estimate of drug-likeness (QED) is 0.541. The van der Waals surface area contributed by atoms with Crippen LogP contribution in [-0.4, -0.2) is 32.2 Å². The van der Waals surface area contributed by atoms with E-state index in [4.69, 9.17) is 0 Å². The summed E-state index contributed by atoms with van der Waals surface area (Å²) in [6.45, 7) is 9.91. The van der Waals surface area contributed by atoms with Gasteiger partial charge in [-0.3, -0.25) is 14.5 Å². The molecular formula is C22H29N5OS. The first-order valence-electron chi connectivity index (χ1n) is 10.1. The molecule has 3 aromatic heterocycles. The fourth-order valence-electron chi connectivity index (χ4n) is 3.28. The first-order chi connectivity index (χ1) is 13.9. The molecule has 0 atom stereocenters. The molecule has 29 heavy (non-hydrogen) atoms. The van der Waals surface area contributed by atoms with Gasteiger partial charge in [-0.05, 0) is 38.3 Å². The van der Waals surface area contributed by atoms with Crippen LogP contribution in [0.25, 0.3) is 11.3 Å². The zero-order valence-electron chi connectivity index (χ0n) is 17.6. The normalized spacial score (nSPS) is 11.2. The second-order valence-corrected chi connectivity index (χ2v) is 8.66. The summed E-state index contributed by atoms with van der Waals surface area (Å²) in [5.41, 5.74) is 5.16. The molecule has 0 saturated carbocycles. The van der Waals surface area contributed by atoms with Gasteiger partial charge in [-0.1, -0.05) is 13.8 Å². The number of aromatic nitrogens is 4. The highest BCUT2D eigenvalue weighted by Crippen LogP contribution is 2.21. The number of hydrogen-bond donors (Lipinski definition) is 1. The van der Waals surface area contributed by atoms with Gasteiger partial charge < -0.3 is 5.32 Å². The third-order valence-corrected chi connectivity index (χ3v) is 5.73. The van der Waals surface area contributed by atoms with E-state index in [1.165, 1.54) is 0 Å². The summed E-state index contributed by atoms with van der Waals surface area (Å²) in [6, 6.07) is 3.93. The lowest BCUT2D eigenvalue weighted by atomic mass is 10.1. The second kappa shape index (κ2) is 9.78. The summed E-state index contributed by atoms with van der Waals surface area (Å²) >= 11 is 1.66. The van der Waals surface area contributed by atoms with Gasteiger partial charge in [0.25, 0.3) is 0 Å². The van der Waals surface area contributed by atoms with Crippen molar-refractivity contribution in [2.24, 2.45) is 5.92 Å². The number of rotatable bonds is 9. The molecule has 0 aliphatic heterocycles. The van der Waals surface area contributed by atoms with E-state index in [1.807, 2.05) is 30.7 Å². The summed E-state index contributed by atoms with van der Waals surface area (Å²) in [6.07, 6.45) is 5.68. The van der Waals surface area contributed by atoms with Crippen molar-refractivity contribution in [3.63, 3.8) is 0 Å². The number of aryl methyl sites for hydroxylation is 2. The fraction of sp³-hybridized carbons (Fsp3) is 0.455. The van der Waals surface area contributed by atoms with Crippen LogP contribution in [0.4, 0.5) is 0 Å². The minimum absolute atomic E-state index is 0.0527. The van der Waals surface area contributed by atoms with Crippen LogP contribution in [0.1, 0.15) is 42.2 Å². The highest BCUT2D eigenvalue weighted by molar-refractivity contribution is 7.09. The number of amides is 1. The zero-order valence-corrected chi connectivity index (χ0v) is 18.4. The first kappa shape index (κ1) is 21.2. The van der Waals surface area contributed by atoms with Crippen molar-refractivity contribution in [1.82, 2.24) is 25.1 Å². The maximum atomic E-state index is 12.4. The van der Waals surface area contributed by atoms with Gasteiger partial charge in [0.2, 0.25) is 5.91 Å². The number of pyridine rings is 1. The van der Waals surface area contributed by atoms with Gasteiger partial charge in [-0.25, -0.2) is 4.98 Å². The number of nitrogens with zero attached hydrogens (tertiary/aromatic N) is 4. The monoisotopic (exact) mass is 411 g/mol. The third kappa shape index (κ3) is 5.73. The maximum absolute atomic E-state index is 12.4. The molecule has 7 heteroatoms. The Labute approximate surface area is 176 Å². The number of nitrogens with one attached hydrogen (secondary N) is 1. The summed E-state index contributed by atoms with van der Waals surface area (Å²) < 4.78 is 2.02. The molecule has 0 bridgehead atoms. The number of thiazole rings is 1. The molecule has 0 saturated heterocycles. The van der Waals surface area contributed by atoms with Crippen molar-refractivity contribution in [1.29, 1.82) is 0 Å². The van der Waals surface area contributed by atoms with Gasteiger partial charge in [0.05, 0.1) is 22.8 Å². The van der Waals surface area contributed by atoms with Crippen LogP contribution in [0, 0.1) is 19.8 Å². The molecule has 0 fully saturated rings. The second-order valence-electron chi connectivity index (χ2n) is 7.72. The Morgan fingerprint density at radius 3 is 2.72 bits per heavy atom. The molecule has 1 amide bonds. The van der Waals surface area contributed by atoms with Gasteiger partial charge in [-0.15, -0.1) is 11.3 Å². The van der Waals surface area contributed by atoms with E-state index in [1.54, 1.807) is 23.7 Å². The van der Waals surface area contributed by atoms with Crippen LogP contribution >= 0.6 is 11.3 Å². The average Bonchev–Trinajstić information content (AvgIpc) is 3.26. The molecule has 3 rings (SSSR count). The van der Waals surface area contributed by atoms with Crippen molar-refractivity contribution in [2.45, 2.75) is 53.5 Å². The summed E-state index contributed by atoms with van der Waals surface area (Å²) in [7, 11) is 0. The van der Waals surface area contributed by atoms with E-state index >= 15 is 0 Å². The van der Waals surface area contributed by atoms with Crippen LogP contribution in [0.15, 0.2) is 29.9 Å². The minimum Gasteiger partial charge on any atom is -0.356 e. The van der Waals surface area contributed by atoms with Gasteiger partial charge >= 0.3 is 0 Å². The minimum atomic E-state index is 0.0527. The molecular weight excluding hydrogens is 382 g/mol. The molecule has 0 aliphatic rings. The Hall–Kier alpha value is -2.54.